The van der Waals surface area contributed by atoms with Gasteiger partial charge >= 0.3 is 0 Å². The van der Waals surface area contributed by atoms with Crippen LogP contribution in [0.5, 0.6) is 5.75 Å². The lowest BCUT2D eigenvalue weighted by Gasteiger charge is -2.17. The van der Waals surface area contributed by atoms with Crippen molar-refractivity contribution in [3.63, 3.8) is 0 Å². The summed E-state index contributed by atoms with van der Waals surface area (Å²) in [6, 6.07) is 9.35. The SMILES string of the molecule is CCN(CC)CCNC(=O)COc1ccccc1.Cl. The zero-order valence-corrected chi connectivity index (χ0v) is 12.4. The highest BCUT2D eigenvalue weighted by atomic mass is 35.5. The Bertz CT molecular complexity index is 343. The highest BCUT2D eigenvalue weighted by Crippen LogP contribution is 2.07. The number of hydrogen-bond acceptors (Lipinski definition) is 3. The van der Waals surface area contributed by atoms with Gasteiger partial charge < -0.3 is 15.0 Å². The Kier molecular flexibility index (Phi) is 9.94. The summed E-state index contributed by atoms with van der Waals surface area (Å²) in [5.74, 6) is 0.641. The van der Waals surface area contributed by atoms with Gasteiger partial charge in [0.25, 0.3) is 5.91 Å². The van der Waals surface area contributed by atoms with Gasteiger partial charge in [0.05, 0.1) is 0 Å². The van der Waals surface area contributed by atoms with Gasteiger partial charge in [0.15, 0.2) is 6.61 Å². The number of halogens is 1. The number of likely N-dealkylation sites (N-methyl/N-ethyl adjacent to an activating group) is 1. The second-order valence-electron chi connectivity index (χ2n) is 3.98. The molecule has 4 nitrogen and oxygen atoms in total. The molecule has 0 atom stereocenters. The number of nitrogens with one attached hydrogen (secondary N) is 1. The van der Waals surface area contributed by atoms with E-state index in [1.54, 1.807) is 0 Å². The zero-order valence-electron chi connectivity index (χ0n) is 11.6. The molecule has 0 bridgehead atoms. The van der Waals surface area contributed by atoms with Crippen molar-refractivity contribution in [1.82, 2.24) is 10.2 Å². The lowest BCUT2D eigenvalue weighted by molar-refractivity contribution is -0.123. The predicted octanol–water partition coefficient (Wildman–Crippen LogP) is 1.95. The topological polar surface area (TPSA) is 41.6 Å². The number of nitrogens with zero attached hydrogens (tertiary/aromatic N) is 1. The summed E-state index contributed by atoms with van der Waals surface area (Å²) in [5, 5.41) is 2.85. The highest BCUT2D eigenvalue weighted by molar-refractivity contribution is 5.85. The predicted molar refractivity (Wildman–Crippen MR) is 80.0 cm³/mol. The van der Waals surface area contributed by atoms with Crippen molar-refractivity contribution < 1.29 is 9.53 Å². The number of para-hydroxylation sites is 1. The van der Waals surface area contributed by atoms with Crippen LogP contribution in [0.3, 0.4) is 0 Å². The third-order valence-electron chi connectivity index (χ3n) is 2.76. The molecule has 0 aliphatic carbocycles. The summed E-state index contributed by atoms with van der Waals surface area (Å²) < 4.78 is 5.35. The molecule has 0 saturated heterocycles. The maximum atomic E-state index is 11.5. The summed E-state index contributed by atoms with van der Waals surface area (Å²) >= 11 is 0. The molecule has 1 rings (SSSR count). The van der Waals surface area contributed by atoms with Gasteiger partial charge in [0, 0.05) is 13.1 Å². The van der Waals surface area contributed by atoms with Gasteiger partial charge in [-0.15, -0.1) is 12.4 Å². The molecule has 0 aromatic heterocycles. The maximum Gasteiger partial charge on any atom is 0.257 e. The molecule has 0 spiro atoms. The molecule has 1 aromatic rings. The summed E-state index contributed by atoms with van der Waals surface area (Å²) in [5.41, 5.74) is 0. The van der Waals surface area contributed by atoms with Crippen molar-refractivity contribution >= 4 is 18.3 Å². The van der Waals surface area contributed by atoms with Gasteiger partial charge in [-0.05, 0) is 25.2 Å². The van der Waals surface area contributed by atoms with Crippen LogP contribution in [-0.4, -0.2) is 43.6 Å². The van der Waals surface area contributed by atoms with E-state index in [1.165, 1.54) is 0 Å². The number of carbonyl (C=O) groups is 1. The minimum Gasteiger partial charge on any atom is -0.484 e. The Morgan fingerprint density at radius 2 is 1.84 bits per heavy atom. The Morgan fingerprint density at radius 1 is 1.21 bits per heavy atom. The van der Waals surface area contributed by atoms with Crippen LogP contribution in [0.15, 0.2) is 30.3 Å². The molecule has 1 amide bonds. The molecule has 1 N–H and O–H groups in total. The normalized spacial score (nSPS) is 9.84. The molecular formula is C14H23ClN2O2. The van der Waals surface area contributed by atoms with Crippen molar-refractivity contribution in [1.29, 1.82) is 0 Å². The zero-order chi connectivity index (χ0) is 13.2. The second kappa shape index (κ2) is 10.6. The maximum absolute atomic E-state index is 11.5. The van der Waals surface area contributed by atoms with E-state index in [0.29, 0.717) is 6.54 Å². The Hall–Kier alpha value is -1.26. The standard InChI is InChI=1S/C14H22N2O2.ClH/c1-3-16(4-2)11-10-15-14(17)12-18-13-8-6-5-7-9-13;/h5-9H,3-4,10-12H2,1-2H3,(H,15,17);1H. The van der Waals surface area contributed by atoms with E-state index in [0.717, 1.165) is 25.4 Å². The van der Waals surface area contributed by atoms with Crippen LogP contribution in [0.4, 0.5) is 0 Å². The first-order chi connectivity index (χ1) is 8.76. The van der Waals surface area contributed by atoms with Gasteiger partial charge in [-0.3, -0.25) is 4.79 Å². The lowest BCUT2D eigenvalue weighted by atomic mass is 10.3. The van der Waals surface area contributed by atoms with E-state index >= 15 is 0 Å². The highest BCUT2D eigenvalue weighted by Gasteiger charge is 2.03. The smallest absolute Gasteiger partial charge is 0.257 e. The van der Waals surface area contributed by atoms with E-state index in [4.69, 9.17) is 4.74 Å². The minimum atomic E-state index is -0.0778. The molecule has 5 heteroatoms. The summed E-state index contributed by atoms with van der Waals surface area (Å²) in [7, 11) is 0. The molecular weight excluding hydrogens is 264 g/mol. The molecule has 0 saturated carbocycles. The minimum absolute atomic E-state index is 0. The van der Waals surface area contributed by atoms with Gasteiger partial charge in [0.2, 0.25) is 0 Å². The van der Waals surface area contributed by atoms with Crippen molar-refractivity contribution in [3.8, 4) is 5.75 Å². The van der Waals surface area contributed by atoms with Crippen LogP contribution >= 0.6 is 12.4 Å². The van der Waals surface area contributed by atoms with Gasteiger partial charge in [-0.1, -0.05) is 32.0 Å². The van der Waals surface area contributed by atoms with Crippen molar-refractivity contribution in [2.24, 2.45) is 0 Å². The molecule has 108 valence electrons. The number of hydrogen-bond donors (Lipinski definition) is 1. The Labute approximate surface area is 121 Å². The fraction of sp³-hybridized carbons (Fsp3) is 0.500. The van der Waals surface area contributed by atoms with Crippen molar-refractivity contribution in [3.05, 3.63) is 30.3 Å². The van der Waals surface area contributed by atoms with Crippen LogP contribution in [0, 0.1) is 0 Å². The van der Waals surface area contributed by atoms with Crippen LogP contribution in [0.2, 0.25) is 0 Å². The van der Waals surface area contributed by atoms with Gasteiger partial charge in [-0.2, -0.15) is 0 Å². The molecule has 0 aliphatic rings. The number of benzene rings is 1. The quantitative estimate of drug-likeness (QED) is 0.794. The number of rotatable bonds is 8. The lowest BCUT2D eigenvalue weighted by Crippen LogP contribution is -2.36. The van der Waals surface area contributed by atoms with Crippen LogP contribution in [0.1, 0.15) is 13.8 Å². The monoisotopic (exact) mass is 286 g/mol. The first kappa shape index (κ1) is 17.7. The molecule has 0 fully saturated rings. The van der Waals surface area contributed by atoms with Gasteiger partial charge in [0.1, 0.15) is 5.75 Å². The van der Waals surface area contributed by atoms with E-state index < -0.39 is 0 Å². The molecule has 19 heavy (non-hydrogen) atoms. The van der Waals surface area contributed by atoms with Crippen molar-refractivity contribution in [2.45, 2.75) is 13.8 Å². The van der Waals surface area contributed by atoms with E-state index in [1.807, 2.05) is 30.3 Å². The summed E-state index contributed by atoms with van der Waals surface area (Å²) in [6.07, 6.45) is 0. The summed E-state index contributed by atoms with van der Waals surface area (Å²) in [6.45, 7) is 7.86. The van der Waals surface area contributed by atoms with E-state index in [2.05, 4.69) is 24.1 Å². The largest absolute Gasteiger partial charge is 0.484 e. The molecule has 0 radical (unpaired) electrons. The van der Waals surface area contributed by atoms with E-state index in [9.17, 15) is 4.79 Å². The Balaban J connectivity index is 0.00000324. The second-order valence-corrected chi connectivity index (χ2v) is 3.98. The fourth-order valence-corrected chi connectivity index (χ4v) is 1.61. The number of carbonyl (C=O) groups excluding carboxylic acids is 1. The first-order valence-electron chi connectivity index (χ1n) is 6.43. The average Bonchev–Trinajstić information content (AvgIpc) is 2.42. The van der Waals surface area contributed by atoms with E-state index in [-0.39, 0.29) is 24.9 Å². The Morgan fingerprint density at radius 3 is 2.42 bits per heavy atom. The van der Waals surface area contributed by atoms with Crippen LogP contribution in [0.25, 0.3) is 0 Å². The third-order valence-corrected chi connectivity index (χ3v) is 2.76. The fourth-order valence-electron chi connectivity index (χ4n) is 1.61. The summed E-state index contributed by atoms with van der Waals surface area (Å²) in [4.78, 5) is 13.8. The van der Waals surface area contributed by atoms with Crippen LogP contribution < -0.4 is 10.1 Å². The molecule has 0 aliphatic heterocycles. The third kappa shape index (κ3) is 7.70. The first-order valence-corrected chi connectivity index (χ1v) is 6.43. The number of ether oxygens (including phenoxy) is 1. The molecule has 0 unspecified atom stereocenters. The van der Waals surface area contributed by atoms with Crippen molar-refractivity contribution in [2.75, 3.05) is 32.8 Å². The number of amides is 1. The average molecular weight is 287 g/mol. The van der Waals surface area contributed by atoms with Crippen LogP contribution in [-0.2, 0) is 4.79 Å². The molecule has 0 heterocycles. The molecule has 1 aromatic carbocycles. The van der Waals surface area contributed by atoms with Gasteiger partial charge in [-0.25, -0.2) is 0 Å².